The minimum atomic E-state index is 0.421. The molecule has 0 saturated carbocycles. The molecule has 4 heteroatoms. The first kappa shape index (κ1) is 11.8. The van der Waals surface area contributed by atoms with Gasteiger partial charge in [0, 0.05) is 31.7 Å². The minimum Gasteiger partial charge on any atom is -0.381 e. The molecule has 0 N–H and O–H groups in total. The maximum atomic E-state index is 8.94. The zero-order chi connectivity index (χ0) is 12.6. The van der Waals surface area contributed by atoms with Crippen molar-refractivity contribution in [2.45, 2.75) is 12.8 Å². The first-order chi connectivity index (χ1) is 8.72. The van der Waals surface area contributed by atoms with Crippen molar-refractivity contribution in [1.82, 2.24) is 0 Å². The molecule has 0 bridgehead atoms. The van der Waals surface area contributed by atoms with Gasteiger partial charge in [0.15, 0.2) is 0 Å². The summed E-state index contributed by atoms with van der Waals surface area (Å²) in [7, 11) is 0. The lowest BCUT2D eigenvalue weighted by Gasteiger charge is -2.53. The fraction of sp³-hybridized carbons (Fsp3) is 0.500. The molecule has 94 valence electrons. The Morgan fingerprint density at radius 2 is 2.00 bits per heavy atom. The monoisotopic (exact) mass is 262 g/mol. The first-order valence-electron chi connectivity index (χ1n) is 6.25. The Morgan fingerprint density at radius 1 is 1.28 bits per heavy atom. The van der Waals surface area contributed by atoms with Gasteiger partial charge in [0.25, 0.3) is 0 Å². The van der Waals surface area contributed by atoms with Gasteiger partial charge >= 0.3 is 0 Å². The molecule has 1 aromatic rings. The fourth-order valence-corrected chi connectivity index (χ4v) is 3.12. The van der Waals surface area contributed by atoms with Crippen molar-refractivity contribution in [1.29, 1.82) is 5.26 Å². The van der Waals surface area contributed by atoms with Gasteiger partial charge in [0.1, 0.15) is 0 Å². The summed E-state index contributed by atoms with van der Waals surface area (Å²) in [5, 5.41) is 9.67. The number of ether oxygens (including phenoxy) is 1. The van der Waals surface area contributed by atoms with E-state index >= 15 is 0 Å². The van der Waals surface area contributed by atoms with E-state index in [1.807, 2.05) is 12.1 Å². The van der Waals surface area contributed by atoms with Crippen molar-refractivity contribution in [3.05, 3.63) is 28.8 Å². The molecule has 0 radical (unpaired) electrons. The molecule has 2 aliphatic rings. The maximum absolute atomic E-state index is 8.94. The number of hydrogen-bond acceptors (Lipinski definition) is 3. The Hall–Kier alpha value is -1.24. The van der Waals surface area contributed by atoms with E-state index in [-0.39, 0.29) is 0 Å². The van der Waals surface area contributed by atoms with Crippen molar-refractivity contribution in [2.75, 3.05) is 31.2 Å². The number of halogens is 1. The van der Waals surface area contributed by atoms with Crippen LogP contribution in [0.2, 0.25) is 5.02 Å². The maximum Gasteiger partial charge on any atom is 0.0992 e. The van der Waals surface area contributed by atoms with E-state index < -0.39 is 0 Å². The molecule has 0 atom stereocenters. The molecule has 0 aliphatic carbocycles. The van der Waals surface area contributed by atoms with E-state index in [0.29, 0.717) is 11.0 Å². The molecule has 3 rings (SSSR count). The predicted octanol–water partition coefficient (Wildman–Crippen LogP) is 2.83. The van der Waals surface area contributed by atoms with E-state index in [0.717, 1.165) is 49.9 Å². The van der Waals surface area contributed by atoms with Crippen LogP contribution in [0.5, 0.6) is 0 Å². The summed E-state index contributed by atoms with van der Waals surface area (Å²) in [6.45, 7) is 3.82. The van der Waals surface area contributed by atoms with Crippen LogP contribution in [0, 0.1) is 16.7 Å². The van der Waals surface area contributed by atoms with Crippen LogP contribution in [-0.4, -0.2) is 26.3 Å². The van der Waals surface area contributed by atoms with Gasteiger partial charge in [0.05, 0.1) is 22.3 Å². The van der Waals surface area contributed by atoms with E-state index in [4.69, 9.17) is 21.6 Å². The zero-order valence-electron chi connectivity index (χ0n) is 10.2. The number of rotatable bonds is 1. The molecular formula is C14H15ClN2O. The fourth-order valence-electron chi connectivity index (χ4n) is 2.88. The molecule has 1 aromatic carbocycles. The minimum absolute atomic E-state index is 0.421. The van der Waals surface area contributed by atoms with Crippen molar-refractivity contribution in [2.24, 2.45) is 5.41 Å². The summed E-state index contributed by atoms with van der Waals surface area (Å²) in [5.41, 5.74) is 2.08. The first-order valence-corrected chi connectivity index (χ1v) is 6.63. The SMILES string of the molecule is N#Cc1ccc(Cl)c(N2CC3(CCOCC3)C2)c1. The van der Waals surface area contributed by atoms with Crippen molar-refractivity contribution in [3.63, 3.8) is 0 Å². The van der Waals surface area contributed by atoms with Crippen LogP contribution >= 0.6 is 11.6 Å². The lowest BCUT2D eigenvalue weighted by Crippen LogP contribution is -2.58. The molecule has 2 fully saturated rings. The van der Waals surface area contributed by atoms with E-state index in [9.17, 15) is 0 Å². The third kappa shape index (κ3) is 1.96. The van der Waals surface area contributed by atoms with Crippen molar-refractivity contribution < 1.29 is 4.74 Å². The molecule has 2 heterocycles. The topological polar surface area (TPSA) is 36.3 Å². The van der Waals surface area contributed by atoms with E-state index in [1.54, 1.807) is 6.07 Å². The van der Waals surface area contributed by atoms with Gasteiger partial charge in [-0.2, -0.15) is 5.26 Å². The number of anilines is 1. The smallest absolute Gasteiger partial charge is 0.0992 e. The normalized spacial score (nSPS) is 21.4. The summed E-state index contributed by atoms with van der Waals surface area (Å²) < 4.78 is 5.41. The van der Waals surface area contributed by atoms with Crippen LogP contribution in [0.25, 0.3) is 0 Å². The summed E-state index contributed by atoms with van der Waals surface area (Å²) in [6.07, 6.45) is 2.28. The molecule has 18 heavy (non-hydrogen) atoms. The number of nitriles is 1. The Kier molecular flexibility index (Phi) is 2.93. The Bertz CT molecular complexity index is 495. The standard InChI is InChI=1S/C14H15ClN2O/c15-12-2-1-11(8-16)7-13(12)17-9-14(10-17)3-5-18-6-4-14/h1-2,7H,3-6,9-10H2. The molecule has 1 spiro atoms. The summed E-state index contributed by atoms with van der Waals surface area (Å²) >= 11 is 6.21. The molecule has 2 aliphatic heterocycles. The van der Waals surface area contributed by atoms with Gasteiger partial charge in [-0.05, 0) is 31.0 Å². The van der Waals surface area contributed by atoms with Gasteiger partial charge in [0.2, 0.25) is 0 Å². The molecular weight excluding hydrogens is 248 g/mol. The predicted molar refractivity (Wildman–Crippen MR) is 70.9 cm³/mol. The average molecular weight is 263 g/mol. The van der Waals surface area contributed by atoms with Crippen LogP contribution in [0.1, 0.15) is 18.4 Å². The Labute approximate surface area is 112 Å². The van der Waals surface area contributed by atoms with Crippen molar-refractivity contribution in [3.8, 4) is 6.07 Å². The lowest BCUT2D eigenvalue weighted by atomic mass is 9.73. The van der Waals surface area contributed by atoms with Gasteiger partial charge in [-0.25, -0.2) is 0 Å². The van der Waals surface area contributed by atoms with Gasteiger partial charge in [-0.3, -0.25) is 0 Å². The molecule has 0 unspecified atom stereocenters. The van der Waals surface area contributed by atoms with E-state index in [2.05, 4.69) is 11.0 Å². The summed E-state index contributed by atoms with van der Waals surface area (Å²) in [5.74, 6) is 0. The largest absolute Gasteiger partial charge is 0.381 e. The second-order valence-corrected chi connectivity index (χ2v) is 5.65. The highest BCUT2D eigenvalue weighted by Crippen LogP contribution is 2.43. The molecule has 2 saturated heterocycles. The van der Waals surface area contributed by atoms with Crippen LogP contribution in [0.3, 0.4) is 0 Å². The third-order valence-electron chi connectivity index (χ3n) is 4.02. The summed E-state index contributed by atoms with van der Waals surface area (Å²) in [6, 6.07) is 7.62. The van der Waals surface area contributed by atoms with Crippen LogP contribution < -0.4 is 4.90 Å². The molecule has 0 aromatic heterocycles. The number of hydrogen-bond donors (Lipinski definition) is 0. The second-order valence-electron chi connectivity index (χ2n) is 5.25. The van der Waals surface area contributed by atoms with Crippen molar-refractivity contribution >= 4 is 17.3 Å². The van der Waals surface area contributed by atoms with Crippen LogP contribution in [0.15, 0.2) is 18.2 Å². The highest BCUT2D eigenvalue weighted by atomic mass is 35.5. The Morgan fingerprint density at radius 3 is 2.67 bits per heavy atom. The summed E-state index contributed by atoms with van der Waals surface area (Å²) in [4.78, 5) is 2.27. The van der Waals surface area contributed by atoms with E-state index in [1.165, 1.54) is 0 Å². The average Bonchev–Trinajstić information content (AvgIpc) is 2.38. The lowest BCUT2D eigenvalue weighted by molar-refractivity contribution is -0.000184. The zero-order valence-corrected chi connectivity index (χ0v) is 10.9. The van der Waals surface area contributed by atoms with Crippen LogP contribution in [0.4, 0.5) is 5.69 Å². The third-order valence-corrected chi connectivity index (χ3v) is 4.34. The Balaban J connectivity index is 1.76. The highest BCUT2D eigenvalue weighted by Gasteiger charge is 2.44. The van der Waals surface area contributed by atoms with Crippen LogP contribution in [-0.2, 0) is 4.74 Å². The van der Waals surface area contributed by atoms with Gasteiger partial charge in [-0.15, -0.1) is 0 Å². The number of benzene rings is 1. The molecule has 3 nitrogen and oxygen atoms in total. The molecule has 0 amide bonds. The van der Waals surface area contributed by atoms with Gasteiger partial charge in [-0.1, -0.05) is 11.6 Å². The highest BCUT2D eigenvalue weighted by molar-refractivity contribution is 6.33. The second kappa shape index (κ2) is 4.46. The van der Waals surface area contributed by atoms with Gasteiger partial charge < -0.3 is 9.64 Å². The number of nitrogens with zero attached hydrogens (tertiary/aromatic N) is 2. The quantitative estimate of drug-likeness (QED) is 0.781.